The number of amides is 1. The summed E-state index contributed by atoms with van der Waals surface area (Å²) >= 11 is 4.47. The Morgan fingerprint density at radius 2 is 2.33 bits per heavy atom. The minimum atomic E-state index is -0.349. The zero-order chi connectivity index (χ0) is 11.4. The molecule has 5 heteroatoms. The zero-order valence-electron chi connectivity index (χ0n) is 8.17. The number of hydrogen-bond acceptors (Lipinski definition) is 2. The smallest absolute Gasteiger partial charge is 0.230 e. The monoisotopic (exact) mass is 291 g/mol. The predicted molar refractivity (Wildman–Crippen MR) is 64.1 cm³/mol. The Morgan fingerprint density at radius 1 is 1.67 bits per heavy atom. The number of halogens is 2. The zero-order valence-corrected chi connectivity index (χ0v) is 10.6. The van der Waals surface area contributed by atoms with Crippen molar-refractivity contribution in [2.45, 2.75) is 17.9 Å². The van der Waals surface area contributed by atoms with E-state index in [1.54, 1.807) is 13.0 Å². The molecule has 1 atom stereocenters. The molecule has 0 unspecified atom stereocenters. The second-order valence-electron chi connectivity index (χ2n) is 3.10. The van der Waals surface area contributed by atoms with Crippen LogP contribution in [0.15, 0.2) is 22.7 Å². The lowest BCUT2D eigenvalue weighted by atomic mass is 10.2. The third-order valence-corrected chi connectivity index (χ3v) is 3.76. The maximum Gasteiger partial charge on any atom is 0.230 e. The van der Waals surface area contributed by atoms with Gasteiger partial charge in [-0.15, -0.1) is 11.8 Å². The minimum Gasteiger partial charge on any atom is -0.369 e. The predicted octanol–water partition coefficient (Wildman–Crippen LogP) is 2.70. The molecular formula is C10H11BrFNOS. The summed E-state index contributed by atoms with van der Waals surface area (Å²) in [6.45, 7) is 1.74. The number of hydrogen-bond donors (Lipinski definition) is 1. The number of carbonyl (C=O) groups excluding carboxylic acids is 1. The van der Waals surface area contributed by atoms with E-state index in [0.717, 1.165) is 5.56 Å². The van der Waals surface area contributed by atoms with E-state index in [-0.39, 0.29) is 17.0 Å². The molecule has 0 heterocycles. The molecule has 1 aromatic carbocycles. The molecule has 0 aromatic heterocycles. The van der Waals surface area contributed by atoms with Gasteiger partial charge in [-0.2, -0.15) is 0 Å². The largest absolute Gasteiger partial charge is 0.369 e. The van der Waals surface area contributed by atoms with Gasteiger partial charge in [-0.1, -0.05) is 6.07 Å². The SMILES string of the molecule is C[C@H](SCc1ccc(Br)c(F)c1)C(N)=O. The second kappa shape index (κ2) is 5.51. The number of primary amides is 1. The van der Waals surface area contributed by atoms with Crippen molar-refractivity contribution in [3.8, 4) is 0 Å². The van der Waals surface area contributed by atoms with Crippen molar-refractivity contribution in [3.05, 3.63) is 34.1 Å². The Balaban J connectivity index is 2.58. The summed E-state index contributed by atoms with van der Waals surface area (Å²) < 4.78 is 13.6. The van der Waals surface area contributed by atoms with Crippen LogP contribution in [0.1, 0.15) is 12.5 Å². The number of thioether (sulfide) groups is 1. The molecule has 0 saturated carbocycles. The van der Waals surface area contributed by atoms with Gasteiger partial charge in [0.1, 0.15) is 5.82 Å². The fourth-order valence-corrected chi connectivity index (χ4v) is 1.97. The summed E-state index contributed by atoms with van der Waals surface area (Å²) in [6.07, 6.45) is 0. The van der Waals surface area contributed by atoms with Crippen molar-refractivity contribution in [3.63, 3.8) is 0 Å². The summed E-state index contributed by atoms with van der Waals surface area (Å²) in [5, 5.41) is -0.253. The Hall–Kier alpha value is -0.550. The normalized spacial score (nSPS) is 12.5. The topological polar surface area (TPSA) is 43.1 Å². The van der Waals surface area contributed by atoms with E-state index in [1.165, 1.54) is 17.8 Å². The van der Waals surface area contributed by atoms with E-state index in [1.807, 2.05) is 6.07 Å². The van der Waals surface area contributed by atoms with Gasteiger partial charge < -0.3 is 5.73 Å². The maximum absolute atomic E-state index is 13.1. The molecule has 82 valence electrons. The number of rotatable bonds is 4. The summed E-state index contributed by atoms with van der Waals surface area (Å²) in [4.78, 5) is 10.8. The second-order valence-corrected chi connectivity index (χ2v) is 5.29. The van der Waals surface area contributed by atoms with Gasteiger partial charge in [0.05, 0.1) is 9.72 Å². The van der Waals surface area contributed by atoms with Gasteiger partial charge in [0.25, 0.3) is 0 Å². The molecule has 0 spiro atoms. The highest BCUT2D eigenvalue weighted by Gasteiger charge is 2.09. The summed E-state index contributed by atoms with van der Waals surface area (Å²) in [5.41, 5.74) is 5.95. The molecule has 1 amide bonds. The van der Waals surface area contributed by atoms with Crippen LogP contribution in [0.4, 0.5) is 4.39 Å². The molecule has 0 radical (unpaired) electrons. The van der Waals surface area contributed by atoms with Crippen LogP contribution in [0, 0.1) is 5.82 Å². The van der Waals surface area contributed by atoms with Crippen LogP contribution in [-0.4, -0.2) is 11.2 Å². The van der Waals surface area contributed by atoms with Crippen LogP contribution in [-0.2, 0) is 10.5 Å². The van der Waals surface area contributed by atoms with Crippen LogP contribution in [0.3, 0.4) is 0 Å². The standard InChI is InChI=1S/C10H11BrFNOS/c1-6(10(13)14)15-5-7-2-3-8(11)9(12)4-7/h2-4,6H,5H2,1H3,(H2,13,14)/t6-/m0/s1. The Bertz CT molecular complexity index is 372. The van der Waals surface area contributed by atoms with E-state index in [4.69, 9.17) is 5.73 Å². The van der Waals surface area contributed by atoms with Crippen LogP contribution in [0.25, 0.3) is 0 Å². The molecule has 0 fully saturated rings. The van der Waals surface area contributed by atoms with Gasteiger partial charge in [0, 0.05) is 5.75 Å². The molecule has 0 bridgehead atoms. The molecule has 0 saturated heterocycles. The van der Waals surface area contributed by atoms with Gasteiger partial charge >= 0.3 is 0 Å². The first-order chi connectivity index (χ1) is 7.00. The molecule has 1 rings (SSSR count). The Labute approximate surface area is 101 Å². The van der Waals surface area contributed by atoms with E-state index < -0.39 is 0 Å². The van der Waals surface area contributed by atoms with Crippen LogP contribution >= 0.6 is 27.7 Å². The van der Waals surface area contributed by atoms with Gasteiger partial charge in [-0.3, -0.25) is 4.79 Å². The number of carbonyl (C=O) groups is 1. The quantitative estimate of drug-likeness (QED) is 0.927. The Kier molecular flexibility index (Phi) is 4.60. The molecular weight excluding hydrogens is 281 g/mol. The highest BCUT2D eigenvalue weighted by molar-refractivity contribution is 9.10. The third kappa shape index (κ3) is 3.83. The first-order valence-corrected chi connectivity index (χ1v) is 6.19. The Morgan fingerprint density at radius 3 is 2.87 bits per heavy atom. The average Bonchev–Trinajstić information content (AvgIpc) is 2.19. The van der Waals surface area contributed by atoms with Crippen molar-refractivity contribution < 1.29 is 9.18 Å². The van der Waals surface area contributed by atoms with Crippen molar-refractivity contribution >= 4 is 33.6 Å². The van der Waals surface area contributed by atoms with Crippen LogP contribution in [0.2, 0.25) is 0 Å². The summed E-state index contributed by atoms with van der Waals surface area (Å²) in [7, 11) is 0. The van der Waals surface area contributed by atoms with Crippen molar-refractivity contribution in [2.75, 3.05) is 0 Å². The molecule has 0 aliphatic carbocycles. The van der Waals surface area contributed by atoms with E-state index in [0.29, 0.717) is 10.2 Å². The van der Waals surface area contributed by atoms with Gasteiger partial charge in [0.15, 0.2) is 0 Å². The lowest BCUT2D eigenvalue weighted by Gasteiger charge is -2.07. The van der Waals surface area contributed by atoms with E-state index >= 15 is 0 Å². The molecule has 0 aliphatic rings. The lowest BCUT2D eigenvalue weighted by molar-refractivity contribution is -0.117. The van der Waals surface area contributed by atoms with Crippen LogP contribution < -0.4 is 5.73 Å². The highest BCUT2D eigenvalue weighted by Crippen LogP contribution is 2.21. The van der Waals surface area contributed by atoms with Crippen molar-refractivity contribution in [1.82, 2.24) is 0 Å². The van der Waals surface area contributed by atoms with Crippen LogP contribution in [0.5, 0.6) is 0 Å². The molecule has 2 nitrogen and oxygen atoms in total. The highest BCUT2D eigenvalue weighted by atomic mass is 79.9. The lowest BCUT2D eigenvalue weighted by Crippen LogP contribution is -2.22. The van der Waals surface area contributed by atoms with Gasteiger partial charge in [0.2, 0.25) is 5.91 Å². The number of benzene rings is 1. The van der Waals surface area contributed by atoms with Gasteiger partial charge in [-0.05, 0) is 40.5 Å². The summed E-state index contributed by atoms with van der Waals surface area (Å²) in [5.74, 6) is -0.0636. The molecule has 15 heavy (non-hydrogen) atoms. The van der Waals surface area contributed by atoms with Crippen molar-refractivity contribution in [1.29, 1.82) is 0 Å². The minimum absolute atomic E-state index is 0.253. The van der Waals surface area contributed by atoms with E-state index in [2.05, 4.69) is 15.9 Å². The third-order valence-electron chi connectivity index (χ3n) is 1.88. The van der Waals surface area contributed by atoms with Gasteiger partial charge in [-0.25, -0.2) is 4.39 Å². The first kappa shape index (κ1) is 12.5. The average molecular weight is 292 g/mol. The first-order valence-electron chi connectivity index (χ1n) is 4.35. The molecule has 2 N–H and O–H groups in total. The summed E-state index contributed by atoms with van der Waals surface area (Å²) in [6, 6.07) is 4.92. The fourth-order valence-electron chi connectivity index (χ4n) is 0.933. The fraction of sp³-hybridized carbons (Fsp3) is 0.300. The molecule has 0 aliphatic heterocycles. The molecule has 1 aromatic rings. The maximum atomic E-state index is 13.1. The van der Waals surface area contributed by atoms with Crippen molar-refractivity contribution in [2.24, 2.45) is 5.73 Å². The van der Waals surface area contributed by atoms with E-state index in [9.17, 15) is 9.18 Å². The number of nitrogens with two attached hydrogens (primary N) is 1.